The molecule has 2 heterocycles. The number of rotatable bonds is 6. The third kappa shape index (κ3) is 5.01. The van der Waals surface area contributed by atoms with Gasteiger partial charge < -0.3 is 14.5 Å². The number of carbonyl (C=O) groups is 1. The fourth-order valence-electron chi connectivity index (χ4n) is 2.86. The van der Waals surface area contributed by atoms with Crippen LogP contribution in [0.4, 0.5) is 4.39 Å². The normalized spacial score (nSPS) is 16.8. The van der Waals surface area contributed by atoms with E-state index in [2.05, 4.69) is 10.2 Å². The number of hydrogen-bond acceptors (Lipinski definition) is 4. The molecule has 3 rings (SSSR count). The lowest BCUT2D eigenvalue weighted by Crippen LogP contribution is -2.43. The molecule has 1 aliphatic rings. The maximum absolute atomic E-state index is 13.6. The molecule has 6 heteroatoms. The van der Waals surface area contributed by atoms with Crippen LogP contribution >= 0.6 is 0 Å². The smallest absolute Gasteiger partial charge is 0.244 e. The van der Waals surface area contributed by atoms with Gasteiger partial charge in [0.25, 0.3) is 0 Å². The molecular weight excluding hydrogens is 323 g/mol. The van der Waals surface area contributed by atoms with E-state index in [4.69, 9.17) is 9.15 Å². The number of carbonyl (C=O) groups excluding carboxylic acids is 1. The standard InChI is InChI=1S/C19H21FN2O3/c20-16-4-1-3-15(13-16)18(22-8-11-24-12-9-22)14-21-19(23)7-6-17-5-2-10-25-17/h1-7,10,13,18H,8-9,11-12,14H2,(H,21,23)/b7-6+. The second-order valence-electron chi connectivity index (χ2n) is 5.81. The summed E-state index contributed by atoms with van der Waals surface area (Å²) in [4.78, 5) is 14.3. The maximum atomic E-state index is 13.6. The summed E-state index contributed by atoms with van der Waals surface area (Å²) in [5, 5.41) is 2.89. The third-order valence-corrected chi connectivity index (χ3v) is 4.13. The molecule has 1 saturated heterocycles. The van der Waals surface area contributed by atoms with Gasteiger partial charge in [-0.3, -0.25) is 9.69 Å². The van der Waals surface area contributed by atoms with Crippen molar-refractivity contribution in [1.82, 2.24) is 10.2 Å². The Labute approximate surface area is 146 Å². The molecule has 1 aliphatic heterocycles. The van der Waals surface area contributed by atoms with Gasteiger partial charge in [-0.25, -0.2) is 4.39 Å². The quantitative estimate of drug-likeness (QED) is 0.819. The highest BCUT2D eigenvalue weighted by atomic mass is 19.1. The van der Waals surface area contributed by atoms with Crippen molar-refractivity contribution in [3.63, 3.8) is 0 Å². The van der Waals surface area contributed by atoms with Crippen molar-refractivity contribution in [3.8, 4) is 0 Å². The molecule has 1 fully saturated rings. The number of morpholine rings is 1. The van der Waals surface area contributed by atoms with E-state index in [0.29, 0.717) is 25.5 Å². The number of halogens is 1. The van der Waals surface area contributed by atoms with Crippen LogP contribution in [0.3, 0.4) is 0 Å². The van der Waals surface area contributed by atoms with E-state index in [0.717, 1.165) is 18.7 Å². The highest BCUT2D eigenvalue weighted by Crippen LogP contribution is 2.22. The van der Waals surface area contributed by atoms with Crippen molar-refractivity contribution < 1.29 is 18.3 Å². The molecular formula is C19H21FN2O3. The summed E-state index contributed by atoms with van der Waals surface area (Å²) in [6, 6.07) is 9.95. The van der Waals surface area contributed by atoms with Crippen molar-refractivity contribution in [2.24, 2.45) is 0 Å². The molecule has 1 aromatic heterocycles. The third-order valence-electron chi connectivity index (χ3n) is 4.13. The van der Waals surface area contributed by atoms with Crippen LogP contribution in [0.5, 0.6) is 0 Å². The van der Waals surface area contributed by atoms with Crippen LogP contribution in [0.15, 0.2) is 53.2 Å². The first-order chi connectivity index (χ1) is 12.2. The first kappa shape index (κ1) is 17.4. The Balaban J connectivity index is 1.65. The Morgan fingerprint density at radius 3 is 2.84 bits per heavy atom. The predicted octanol–water partition coefficient (Wildman–Crippen LogP) is 2.62. The van der Waals surface area contributed by atoms with Crippen LogP contribution < -0.4 is 5.32 Å². The van der Waals surface area contributed by atoms with Gasteiger partial charge in [-0.2, -0.15) is 0 Å². The summed E-state index contributed by atoms with van der Waals surface area (Å²) in [7, 11) is 0. The second-order valence-corrected chi connectivity index (χ2v) is 5.81. The van der Waals surface area contributed by atoms with Gasteiger partial charge in [0.1, 0.15) is 11.6 Å². The number of nitrogens with one attached hydrogen (secondary N) is 1. The lowest BCUT2D eigenvalue weighted by molar-refractivity contribution is -0.116. The monoisotopic (exact) mass is 344 g/mol. The first-order valence-corrected chi connectivity index (χ1v) is 8.29. The molecule has 132 valence electrons. The van der Waals surface area contributed by atoms with Crippen LogP contribution in [0.1, 0.15) is 17.4 Å². The SMILES string of the molecule is O=C(/C=C/c1ccco1)NCC(c1cccc(F)c1)N1CCOCC1. The molecule has 25 heavy (non-hydrogen) atoms. The van der Waals surface area contributed by atoms with E-state index < -0.39 is 0 Å². The summed E-state index contributed by atoms with van der Waals surface area (Å²) < 4.78 is 24.2. The summed E-state index contributed by atoms with van der Waals surface area (Å²) in [5.74, 6) is 0.121. The summed E-state index contributed by atoms with van der Waals surface area (Å²) in [5.41, 5.74) is 0.845. The summed E-state index contributed by atoms with van der Waals surface area (Å²) >= 11 is 0. The highest BCUT2D eigenvalue weighted by molar-refractivity contribution is 5.91. The fourth-order valence-corrected chi connectivity index (χ4v) is 2.86. The highest BCUT2D eigenvalue weighted by Gasteiger charge is 2.23. The molecule has 0 spiro atoms. The number of hydrogen-bond donors (Lipinski definition) is 1. The van der Waals surface area contributed by atoms with Gasteiger partial charge in [0.2, 0.25) is 5.91 Å². The average Bonchev–Trinajstić information content (AvgIpc) is 3.15. The van der Waals surface area contributed by atoms with E-state index in [-0.39, 0.29) is 17.8 Å². The van der Waals surface area contributed by atoms with Crippen molar-refractivity contribution in [3.05, 3.63) is 65.9 Å². The second kappa shape index (κ2) is 8.60. The largest absolute Gasteiger partial charge is 0.465 e. The Hall–Kier alpha value is -2.44. The molecule has 5 nitrogen and oxygen atoms in total. The van der Waals surface area contributed by atoms with Gasteiger partial charge in [0.15, 0.2) is 0 Å². The van der Waals surface area contributed by atoms with Crippen LogP contribution in [0, 0.1) is 5.82 Å². The van der Waals surface area contributed by atoms with E-state index in [1.54, 1.807) is 30.5 Å². The number of benzene rings is 1. The van der Waals surface area contributed by atoms with Crippen molar-refractivity contribution in [1.29, 1.82) is 0 Å². The molecule has 0 radical (unpaired) electrons. The van der Waals surface area contributed by atoms with Crippen LogP contribution in [-0.4, -0.2) is 43.7 Å². The van der Waals surface area contributed by atoms with Crippen LogP contribution in [0.2, 0.25) is 0 Å². The van der Waals surface area contributed by atoms with Gasteiger partial charge >= 0.3 is 0 Å². The summed E-state index contributed by atoms with van der Waals surface area (Å²) in [6.45, 7) is 3.17. The molecule has 1 amide bonds. The minimum atomic E-state index is -0.278. The van der Waals surface area contributed by atoms with E-state index >= 15 is 0 Å². The predicted molar refractivity (Wildman–Crippen MR) is 92.3 cm³/mol. The molecule has 1 unspecified atom stereocenters. The zero-order chi connectivity index (χ0) is 17.5. The number of amides is 1. The van der Waals surface area contributed by atoms with Crippen molar-refractivity contribution in [2.75, 3.05) is 32.8 Å². The Morgan fingerprint density at radius 2 is 2.12 bits per heavy atom. The zero-order valence-electron chi connectivity index (χ0n) is 13.9. The fraction of sp³-hybridized carbons (Fsp3) is 0.316. The van der Waals surface area contributed by atoms with Crippen LogP contribution in [0.25, 0.3) is 6.08 Å². The zero-order valence-corrected chi connectivity index (χ0v) is 13.9. The Morgan fingerprint density at radius 1 is 1.28 bits per heavy atom. The first-order valence-electron chi connectivity index (χ1n) is 8.29. The molecule has 1 N–H and O–H groups in total. The van der Waals surface area contributed by atoms with E-state index in [9.17, 15) is 9.18 Å². The van der Waals surface area contributed by atoms with Crippen LogP contribution in [-0.2, 0) is 9.53 Å². The maximum Gasteiger partial charge on any atom is 0.244 e. The van der Waals surface area contributed by atoms with Gasteiger partial charge in [0, 0.05) is 25.7 Å². The summed E-state index contributed by atoms with van der Waals surface area (Å²) in [6.07, 6.45) is 4.60. The van der Waals surface area contributed by atoms with E-state index in [1.807, 2.05) is 6.07 Å². The number of nitrogens with zero attached hydrogens (tertiary/aromatic N) is 1. The lowest BCUT2D eigenvalue weighted by Gasteiger charge is -2.34. The molecule has 1 atom stereocenters. The topological polar surface area (TPSA) is 54.7 Å². The Kier molecular flexibility index (Phi) is 5.98. The average molecular weight is 344 g/mol. The van der Waals surface area contributed by atoms with Gasteiger partial charge in [-0.15, -0.1) is 0 Å². The van der Waals surface area contributed by atoms with Gasteiger partial charge in [-0.1, -0.05) is 12.1 Å². The molecule has 2 aromatic rings. The molecule has 0 saturated carbocycles. The lowest BCUT2D eigenvalue weighted by atomic mass is 10.0. The number of furan rings is 1. The van der Waals surface area contributed by atoms with Crippen molar-refractivity contribution >= 4 is 12.0 Å². The molecule has 1 aromatic carbocycles. The van der Waals surface area contributed by atoms with Gasteiger partial charge in [-0.05, 0) is 35.9 Å². The Bertz CT molecular complexity index is 709. The number of ether oxygens (including phenoxy) is 1. The minimum Gasteiger partial charge on any atom is -0.465 e. The molecule has 0 aliphatic carbocycles. The van der Waals surface area contributed by atoms with Gasteiger partial charge in [0.05, 0.1) is 25.5 Å². The minimum absolute atomic E-state index is 0.0967. The van der Waals surface area contributed by atoms with Crippen molar-refractivity contribution in [2.45, 2.75) is 6.04 Å². The molecule has 0 bridgehead atoms. The van der Waals surface area contributed by atoms with E-state index in [1.165, 1.54) is 18.2 Å².